The molecule has 2 N–H and O–H groups in total. The molecule has 4 rings (SSSR count). The second-order valence-corrected chi connectivity index (χ2v) is 8.49. The van der Waals surface area contributed by atoms with Crippen LogP contribution in [0.15, 0.2) is 54.7 Å². The largest absolute Gasteiger partial charge is 0.378 e. The molecule has 30 heavy (non-hydrogen) atoms. The van der Waals surface area contributed by atoms with E-state index < -0.39 is 0 Å². The van der Waals surface area contributed by atoms with E-state index in [1.807, 2.05) is 11.8 Å². The fourth-order valence-corrected chi connectivity index (χ4v) is 4.39. The number of nitrogens with one attached hydrogen (secondary N) is 2. The Labute approximate surface area is 179 Å². The van der Waals surface area contributed by atoms with Crippen LogP contribution in [-0.4, -0.2) is 55.6 Å². The molecular formula is C25H32N4O. The molecule has 3 aromatic rings. The monoisotopic (exact) mass is 404 g/mol. The summed E-state index contributed by atoms with van der Waals surface area (Å²) in [6.07, 6.45) is 4.35. The first-order valence-corrected chi connectivity index (χ1v) is 10.9. The third kappa shape index (κ3) is 4.21. The highest BCUT2D eigenvalue weighted by Crippen LogP contribution is 2.31. The molecule has 0 saturated carbocycles. The number of carbonyl (C=O) groups is 1. The van der Waals surface area contributed by atoms with Gasteiger partial charge in [0.2, 0.25) is 5.91 Å². The van der Waals surface area contributed by atoms with Gasteiger partial charge in [0, 0.05) is 62.4 Å². The molecule has 2 heterocycles. The third-order valence-electron chi connectivity index (χ3n) is 6.22. The minimum absolute atomic E-state index is 0.159. The number of hydrogen-bond acceptors (Lipinski definition) is 3. The Morgan fingerprint density at radius 2 is 1.80 bits per heavy atom. The summed E-state index contributed by atoms with van der Waals surface area (Å²) in [5.74, 6) is 0.374. The first kappa shape index (κ1) is 20.5. The molecule has 158 valence electrons. The van der Waals surface area contributed by atoms with Crippen LogP contribution in [0.2, 0.25) is 0 Å². The Kier molecular flexibility index (Phi) is 6.09. The number of rotatable bonds is 7. The lowest BCUT2D eigenvalue weighted by Gasteiger charge is -2.24. The molecule has 5 heteroatoms. The summed E-state index contributed by atoms with van der Waals surface area (Å²) in [4.78, 5) is 20.3. The number of aromatic amines is 1. The van der Waals surface area contributed by atoms with E-state index in [4.69, 9.17) is 0 Å². The van der Waals surface area contributed by atoms with Crippen molar-refractivity contribution < 1.29 is 4.79 Å². The van der Waals surface area contributed by atoms with Crippen molar-refractivity contribution in [3.63, 3.8) is 0 Å². The highest BCUT2D eigenvalue weighted by atomic mass is 16.2. The first-order valence-electron chi connectivity index (χ1n) is 10.9. The molecule has 0 unspecified atom stereocenters. The average Bonchev–Trinajstić information content (AvgIpc) is 3.44. The standard InChI is InChI=1S/C25H32N4O/c1-18(25(30)29-14-6-7-15-29)26-16-22(19-10-12-20(13-11-19)28(2)3)23-17-27-24-9-5-4-8-21(23)24/h4-5,8-13,17-18,22,26-27H,6-7,14-16H2,1-3H3/t18-,22+/m1/s1. The van der Waals surface area contributed by atoms with Crippen LogP contribution in [0, 0.1) is 0 Å². The molecule has 5 nitrogen and oxygen atoms in total. The highest BCUT2D eigenvalue weighted by Gasteiger charge is 2.25. The SMILES string of the molecule is C[C@@H](NC[C@@H](c1ccc(N(C)C)cc1)c1c[nH]c2ccccc12)C(=O)N1CCCC1. The summed E-state index contributed by atoms with van der Waals surface area (Å²) < 4.78 is 0. The summed E-state index contributed by atoms with van der Waals surface area (Å²) in [7, 11) is 4.11. The average molecular weight is 405 g/mol. The van der Waals surface area contributed by atoms with Crippen LogP contribution in [0.1, 0.15) is 36.8 Å². The van der Waals surface area contributed by atoms with Crippen molar-refractivity contribution in [1.82, 2.24) is 15.2 Å². The molecule has 1 fully saturated rings. The van der Waals surface area contributed by atoms with Crippen molar-refractivity contribution >= 4 is 22.5 Å². The molecule has 2 atom stereocenters. The Morgan fingerprint density at radius 3 is 2.50 bits per heavy atom. The van der Waals surface area contributed by atoms with E-state index in [2.05, 4.69) is 84.0 Å². The maximum absolute atomic E-state index is 12.8. The third-order valence-corrected chi connectivity index (χ3v) is 6.22. The van der Waals surface area contributed by atoms with Gasteiger partial charge in [-0.05, 0) is 49.1 Å². The minimum Gasteiger partial charge on any atom is -0.378 e. The molecule has 0 spiro atoms. The molecule has 0 bridgehead atoms. The van der Waals surface area contributed by atoms with E-state index in [0.717, 1.165) is 31.4 Å². The molecule has 1 aromatic heterocycles. The zero-order valence-electron chi connectivity index (χ0n) is 18.2. The van der Waals surface area contributed by atoms with Crippen LogP contribution < -0.4 is 10.2 Å². The van der Waals surface area contributed by atoms with E-state index in [0.29, 0.717) is 6.54 Å². The topological polar surface area (TPSA) is 51.4 Å². The van der Waals surface area contributed by atoms with Crippen LogP contribution in [-0.2, 0) is 4.79 Å². The van der Waals surface area contributed by atoms with Crippen LogP contribution >= 0.6 is 0 Å². The first-order chi connectivity index (χ1) is 14.5. The van der Waals surface area contributed by atoms with Crippen LogP contribution in [0.3, 0.4) is 0 Å². The number of hydrogen-bond donors (Lipinski definition) is 2. The van der Waals surface area contributed by atoms with E-state index in [9.17, 15) is 4.79 Å². The molecule has 2 aromatic carbocycles. The van der Waals surface area contributed by atoms with Crippen molar-refractivity contribution in [1.29, 1.82) is 0 Å². The lowest BCUT2D eigenvalue weighted by atomic mass is 9.90. The van der Waals surface area contributed by atoms with Crippen molar-refractivity contribution in [3.8, 4) is 0 Å². The molecule has 0 radical (unpaired) electrons. The van der Waals surface area contributed by atoms with Gasteiger partial charge in [0.1, 0.15) is 0 Å². The summed E-state index contributed by atoms with van der Waals surface area (Å²) in [6, 6.07) is 17.0. The lowest BCUT2D eigenvalue weighted by Crippen LogP contribution is -2.44. The lowest BCUT2D eigenvalue weighted by molar-refractivity contribution is -0.131. The normalized spacial score (nSPS) is 16.0. The Hall–Kier alpha value is -2.79. The zero-order valence-corrected chi connectivity index (χ0v) is 18.2. The summed E-state index contributed by atoms with van der Waals surface area (Å²) in [6.45, 7) is 4.48. The molecule has 0 aliphatic carbocycles. The van der Waals surface area contributed by atoms with Crippen molar-refractivity contribution in [2.75, 3.05) is 38.6 Å². The van der Waals surface area contributed by atoms with Gasteiger partial charge in [-0.2, -0.15) is 0 Å². The number of aromatic nitrogens is 1. The van der Waals surface area contributed by atoms with Gasteiger partial charge in [-0.1, -0.05) is 30.3 Å². The molecule has 1 aliphatic heterocycles. The number of likely N-dealkylation sites (tertiary alicyclic amines) is 1. The van der Waals surface area contributed by atoms with Gasteiger partial charge in [-0.15, -0.1) is 0 Å². The fourth-order valence-electron chi connectivity index (χ4n) is 4.39. The number of amides is 1. The smallest absolute Gasteiger partial charge is 0.239 e. The summed E-state index contributed by atoms with van der Waals surface area (Å²) >= 11 is 0. The van der Waals surface area contributed by atoms with Crippen molar-refractivity contribution in [2.45, 2.75) is 31.7 Å². The number of anilines is 1. The predicted molar refractivity (Wildman–Crippen MR) is 124 cm³/mol. The highest BCUT2D eigenvalue weighted by molar-refractivity contribution is 5.84. The number of carbonyl (C=O) groups excluding carboxylic acids is 1. The zero-order chi connectivity index (χ0) is 21.1. The summed E-state index contributed by atoms with van der Waals surface area (Å²) in [5.41, 5.74) is 4.83. The minimum atomic E-state index is -0.183. The molecular weight excluding hydrogens is 372 g/mol. The van der Waals surface area contributed by atoms with Gasteiger partial charge in [0.15, 0.2) is 0 Å². The van der Waals surface area contributed by atoms with Crippen LogP contribution in [0.4, 0.5) is 5.69 Å². The van der Waals surface area contributed by atoms with Crippen molar-refractivity contribution in [3.05, 3.63) is 65.9 Å². The van der Waals surface area contributed by atoms with Gasteiger partial charge in [-0.3, -0.25) is 4.79 Å². The van der Waals surface area contributed by atoms with Gasteiger partial charge < -0.3 is 20.1 Å². The Morgan fingerprint density at radius 1 is 1.10 bits per heavy atom. The maximum atomic E-state index is 12.8. The van der Waals surface area contributed by atoms with Gasteiger partial charge in [-0.25, -0.2) is 0 Å². The molecule has 1 aliphatic rings. The molecule has 1 saturated heterocycles. The quantitative estimate of drug-likeness (QED) is 0.627. The summed E-state index contributed by atoms with van der Waals surface area (Å²) in [5, 5.41) is 4.77. The van der Waals surface area contributed by atoms with E-state index >= 15 is 0 Å². The second-order valence-electron chi connectivity index (χ2n) is 8.49. The van der Waals surface area contributed by atoms with Gasteiger partial charge >= 0.3 is 0 Å². The van der Waals surface area contributed by atoms with Crippen LogP contribution in [0.25, 0.3) is 10.9 Å². The Bertz CT molecular complexity index is 986. The number of H-pyrrole nitrogens is 1. The second kappa shape index (κ2) is 8.92. The van der Waals surface area contributed by atoms with Gasteiger partial charge in [0.05, 0.1) is 6.04 Å². The Balaban J connectivity index is 1.59. The number of fused-ring (bicyclic) bond motifs is 1. The predicted octanol–water partition coefficient (Wildman–Crippen LogP) is 3.97. The van der Waals surface area contributed by atoms with E-state index in [1.54, 1.807) is 0 Å². The van der Waals surface area contributed by atoms with E-state index in [1.165, 1.54) is 22.2 Å². The van der Waals surface area contributed by atoms with Gasteiger partial charge in [0.25, 0.3) is 0 Å². The fraction of sp³-hybridized carbons (Fsp3) is 0.400. The maximum Gasteiger partial charge on any atom is 0.239 e. The number of para-hydroxylation sites is 1. The molecule has 1 amide bonds. The van der Waals surface area contributed by atoms with E-state index in [-0.39, 0.29) is 17.9 Å². The number of benzene rings is 2. The number of nitrogens with zero attached hydrogens (tertiary/aromatic N) is 2. The van der Waals surface area contributed by atoms with Crippen LogP contribution in [0.5, 0.6) is 0 Å². The van der Waals surface area contributed by atoms with Crippen molar-refractivity contribution in [2.24, 2.45) is 0 Å².